The summed E-state index contributed by atoms with van der Waals surface area (Å²) in [6.45, 7) is -0.264. The van der Waals surface area contributed by atoms with Gasteiger partial charge in [-0.1, -0.05) is 75.5 Å². The van der Waals surface area contributed by atoms with Crippen molar-refractivity contribution in [2.75, 3.05) is 13.1 Å². The number of sulfonamides is 1. The Balaban J connectivity index is 1.74. The Morgan fingerprint density at radius 1 is 1.03 bits per heavy atom. The van der Waals surface area contributed by atoms with Crippen LogP contribution in [0.2, 0.25) is 10.0 Å². The minimum Gasteiger partial charge on any atom is -0.272 e. The SMILES string of the molecule is O=C(CN(CCc1ccccc1)S(=O)(=O)c1ccc(Br)cc1)N/N=C\c1ccc(Cl)cc1Cl. The maximum atomic E-state index is 13.2. The minimum absolute atomic E-state index is 0.100. The summed E-state index contributed by atoms with van der Waals surface area (Å²) in [5.74, 6) is -0.579. The monoisotopic (exact) mass is 567 g/mol. The summed E-state index contributed by atoms with van der Waals surface area (Å²) in [5.41, 5.74) is 3.88. The van der Waals surface area contributed by atoms with Crippen LogP contribution >= 0.6 is 39.1 Å². The van der Waals surface area contributed by atoms with Gasteiger partial charge in [-0.05, 0) is 48.4 Å². The molecule has 0 spiro atoms. The van der Waals surface area contributed by atoms with E-state index in [2.05, 4.69) is 26.5 Å². The van der Waals surface area contributed by atoms with E-state index in [9.17, 15) is 13.2 Å². The van der Waals surface area contributed by atoms with Gasteiger partial charge in [-0.15, -0.1) is 0 Å². The number of carbonyl (C=O) groups excluding carboxylic acids is 1. The van der Waals surface area contributed by atoms with Gasteiger partial charge in [0.1, 0.15) is 0 Å². The molecule has 0 aliphatic carbocycles. The van der Waals surface area contributed by atoms with E-state index < -0.39 is 22.5 Å². The summed E-state index contributed by atoms with van der Waals surface area (Å²) < 4.78 is 28.4. The summed E-state index contributed by atoms with van der Waals surface area (Å²) >= 11 is 15.3. The Bertz CT molecular complexity index is 1240. The van der Waals surface area contributed by atoms with Crippen LogP contribution in [0.25, 0.3) is 0 Å². The highest BCUT2D eigenvalue weighted by molar-refractivity contribution is 9.10. The van der Waals surface area contributed by atoms with Crippen LogP contribution < -0.4 is 5.43 Å². The number of hydrogen-bond donors (Lipinski definition) is 1. The Morgan fingerprint density at radius 2 is 1.73 bits per heavy atom. The molecule has 0 radical (unpaired) electrons. The van der Waals surface area contributed by atoms with Crippen molar-refractivity contribution >= 4 is 61.3 Å². The molecule has 10 heteroatoms. The van der Waals surface area contributed by atoms with E-state index in [4.69, 9.17) is 23.2 Å². The Hall–Kier alpha value is -2.23. The number of hydrogen-bond acceptors (Lipinski definition) is 4. The second-order valence-corrected chi connectivity index (χ2v) is 10.7. The molecule has 0 atom stereocenters. The zero-order valence-corrected chi connectivity index (χ0v) is 21.2. The molecule has 3 aromatic rings. The van der Waals surface area contributed by atoms with Crippen LogP contribution in [0.4, 0.5) is 0 Å². The summed E-state index contributed by atoms with van der Waals surface area (Å²) in [5, 5.41) is 4.75. The van der Waals surface area contributed by atoms with Crippen molar-refractivity contribution in [3.8, 4) is 0 Å². The van der Waals surface area contributed by atoms with Gasteiger partial charge >= 0.3 is 0 Å². The van der Waals surface area contributed by atoms with E-state index in [0.717, 1.165) is 14.3 Å². The predicted octanol–water partition coefficient (Wildman–Crippen LogP) is 5.14. The fourth-order valence-electron chi connectivity index (χ4n) is 2.91. The summed E-state index contributed by atoms with van der Waals surface area (Å²) in [4.78, 5) is 12.6. The second kappa shape index (κ2) is 11.8. The Morgan fingerprint density at radius 3 is 2.39 bits per heavy atom. The third-order valence-electron chi connectivity index (χ3n) is 4.62. The molecule has 0 unspecified atom stereocenters. The van der Waals surface area contributed by atoms with Crippen LogP contribution in [0, 0.1) is 0 Å². The number of nitrogens with one attached hydrogen (secondary N) is 1. The van der Waals surface area contributed by atoms with Gasteiger partial charge in [-0.25, -0.2) is 13.8 Å². The molecular formula is C23H20BrCl2N3O3S. The van der Waals surface area contributed by atoms with Gasteiger partial charge in [-0.3, -0.25) is 4.79 Å². The zero-order chi connectivity index (χ0) is 23.8. The molecule has 0 saturated carbocycles. The van der Waals surface area contributed by atoms with Gasteiger partial charge in [-0.2, -0.15) is 9.41 Å². The molecule has 1 amide bonds. The van der Waals surface area contributed by atoms with Crippen molar-refractivity contribution < 1.29 is 13.2 Å². The first-order chi connectivity index (χ1) is 15.8. The lowest BCUT2D eigenvalue weighted by molar-refractivity contribution is -0.121. The topological polar surface area (TPSA) is 78.8 Å². The third-order valence-corrected chi connectivity index (χ3v) is 7.57. The minimum atomic E-state index is -3.91. The number of halogens is 3. The fraction of sp³-hybridized carbons (Fsp3) is 0.130. The number of nitrogens with zero attached hydrogens (tertiary/aromatic N) is 2. The molecule has 0 fully saturated rings. The summed E-state index contributed by atoms with van der Waals surface area (Å²) in [7, 11) is -3.91. The number of rotatable bonds is 9. The van der Waals surface area contributed by atoms with Crippen molar-refractivity contribution in [1.82, 2.24) is 9.73 Å². The van der Waals surface area contributed by atoms with Crippen LogP contribution in [0.1, 0.15) is 11.1 Å². The molecule has 0 bridgehead atoms. The van der Waals surface area contributed by atoms with Crippen LogP contribution in [0.5, 0.6) is 0 Å². The van der Waals surface area contributed by atoms with E-state index in [1.165, 1.54) is 18.3 Å². The molecule has 3 rings (SSSR count). The van der Waals surface area contributed by atoms with Gasteiger partial charge in [0.05, 0.1) is 22.7 Å². The lowest BCUT2D eigenvalue weighted by Crippen LogP contribution is -2.40. The van der Waals surface area contributed by atoms with E-state index in [0.29, 0.717) is 22.0 Å². The molecular weight excluding hydrogens is 549 g/mol. The molecule has 0 aromatic heterocycles. The zero-order valence-electron chi connectivity index (χ0n) is 17.3. The smallest absolute Gasteiger partial charge is 0.255 e. The summed E-state index contributed by atoms with van der Waals surface area (Å²) in [6.07, 6.45) is 1.82. The molecule has 0 saturated heterocycles. The van der Waals surface area contributed by atoms with E-state index in [1.54, 1.807) is 30.3 Å². The van der Waals surface area contributed by atoms with Gasteiger partial charge in [0.25, 0.3) is 5.91 Å². The van der Waals surface area contributed by atoms with Gasteiger partial charge in [0.2, 0.25) is 10.0 Å². The normalized spacial score (nSPS) is 11.8. The third kappa shape index (κ3) is 7.38. The van der Waals surface area contributed by atoms with Crippen LogP contribution in [0.3, 0.4) is 0 Å². The van der Waals surface area contributed by atoms with E-state index in [1.807, 2.05) is 30.3 Å². The van der Waals surface area contributed by atoms with Crippen molar-refractivity contribution in [3.05, 3.63) is 98.4 Å². The molecule has 0 aliphatic rings. The average Bonchev–Trinajstić information content (AvgIpc) is 2.79. The van der Waals surface area contributed by atoms with Gasteiger partial charge < -0.3 is 0 Å². The van der Waals surface area contributed by atoms with E-state index >= 15 is 0 Å². The lowest BCUT2D eigenvalue weighted by atomic mass is 10.1. The highest BCUT2D eigenvalue weighted by atomic mass is 79.9. The second-order valence-electron chi connectivity index (χ2n) is 6.99. The van der Waals surface area contributed by atoms with E-state index in [-0.39, 0.29) is 11.4 Å². The standard InChI is InChI=1S/C23H20BrCl2N3O3S/c24-19-7-10-21(11-8-19)33(31,32)29(13-12-17-4-2-1-3-5-17)16-23(30)28-27-15-18-6-9-20(25)14-22(18)26/h1-11,14-15H,12-13,16H2,(H,28,30)/b27-15-. The molecule has 172 valence electrons. The fourth-order valence-corrected chi connectivity index (χ4v) is 5.03. The lowest BCUT2D eigenvalue weighted by Gasteiger charge is -2.21. The molecule has 0 aliphatic heterocycles. The quantitative estimate of drug-likeness (QED) is 0.287. The first-order valence-electron chi connectivity index (χ1n) is 9.82. The first kappa shape index (κ1) is 25.4. The molecule has 0 heterocycles. The maximum Gasteiger partial charge on any atom is 0.255 e. The van der Waals surface area contributed by atoms with Crippen molar-refractivity contribution in [1.29, 1.82) is 0 Å². The van der Waals surface area contributed by atoms with Crippen molar-refractivity contribution in [2.45, 2.75) is 11.3 Å². The first-order valence-corrected chi connectivity index (χ1v) is 12.8. The van der Waals surface area contributed by atoms with Crippen LogP contribution in [-0.2, 0) is 21.2 Å². The van der Waals surface area contributed by atoms with Crippen molar-refractivity contribution in [2.24, 2.45) is 5.10 Å². The average molecular weight is 569 g/mol. The highest BCUT2D eigenvalue weighted by Crippen LogP contribution is 2.20. The predicted molar refractivity (Wildman–Crippen MR) is 135 cm³/mol. The molecule has 3 aromatic carbocycles. The largest absolute Gasteiger partial charge is 0.272 e. The number of benzene rings is 3. The van der Waals surface area contributed by atoms with Crippen LogP contribution in [0.15, 0.2) is 87.3 Å². The Kier molecular flexibility index (Phi) is 9.05. The van der Waals surface area contributed by atoms with Crippen molar-refractivity contribution in [3.63, 3.8) is 0 Å². The Labute approximate surface area is 211 Å². The van der Waals surface area contributed by atoms with Gasteiger partial charge in [0.15, 0.2) is 0 Å². The van der Waals surface area contributed by atoms with Gasteiger partial charge in [0, 0.05) is 21.6 Å². The molecule has 33 heavy (non-hydrogen) atoms. The molecule has 1 N–H and O–H groups in total. The molecule has 6 nitrogen and oxygen atoms in total. The van der Waals surface area contributed by atoms with Crippen LogP contribution in [-0.4, -0.2) is 37.9 Å². The summed E-state index contributed by atoms with van der Waals surface area (Å²) in [6, 6.07) is 20.6. The highest BCUT2D eigenvalue weighted by Gasteiger charge is 2.26. The number of amides is 1. The maximum absolute atomic E-state index is 13.2. The number of carbonyl (C=O) groups is 1. The number of hydrazone groups is 1.